The zero-order valence-corrected chi connectivity index (χ0v) is 13.4. The van der Waals surface area contributed by atoms with Crippen molar-refractivity contribution in [2.24, 2.45) is 0 Å². The summed E-state index contributed by atoms with van der Waals surface area (Å²) in [7, 11) is 1.68. The molecule has 8 nitrogen and oxygen atoms in total. The summed E-state index contributed by atoms with van der Waals surface area (Å²) in [5.74, 6) is 1.19. The number of halogens is 1. The summed E-state index contributed by atoms with van der Waals surface area (Å²) < 4.78 is 15.7. The van der Waals surface area contributed by atoms with Gasteiger partial charge in [0, 0.05) is 5.56 Å². The minimum Gasteiger partial charge on any atom is -0.480 e. The second-order valence-corrected chi connectivity index (χ2v) is 5.01. The molecule has 0 aliphatic carbocycles. The smallest absolute Gasteiger partial charge is 0.320 e. The van der Waals surface area contributed by atoms with E-state index < -0.39 is 12.0 Å². The molecule has 0 amide bonds. The molecule has 1 atom stereocenters. The zero-order chi connectivity index (χ0) is 15.7. The molecule has 9 heteroatoms. The first-order valence-electron chi connectivity index (χ1n) is 6.70. The standard InChI is InChI=1S/C14H15N3O5.ClH/c1-8(14(18)19)17(2)6-12-15-13(16-22-12)9-3-4-10-11(5-9)21-7-20-10;/h3-5,8H,6-7H2,1-2H3,(H,18,19);1H. The minimum atomic E-state index is -0.905. The van der Waals surface area contributed by atoms with Gasteiger partial charge in [-0.3, -0.25) is 9.69 Å². The Bertz CT molecular complexity index is 705. The van der Waals surface area contributed by atoms with E-state index in [2.05, 4.69) is 10.1 Å². The van der Waals surface area contributed by atoms with Crippen LogP contribution in [0.2, 0.25) is 0 Å². The average molecular weight is 342 g/mol. The molecular formula is C14H16ClN3O5. The molecule has 1 aliphatic heterocycles. The Morgan fingerprint density at radius 3 is 2.87 bits per heavy atom. The predicted molar refractivity (Wildman–Crippen MR) is 81.7 cm³/mol. The van der Waals surface area contributed by atoms with Crippen LogP contribution >= 0.6 is 12.4 Å². The first-order chi connectivity index (χ1) is 10.5. The Morgan fingerprint density at radius 1 is 1.39 bits per heavy atom. The van der Waals surface area contributed by atoms with E-state index in [0.717, 1.165) is 5.56 Å². The fourth-order valence-corrected chi connectivity index (χ4v) is 2.01. The number of rotatable bonds is 5. The Balaban J connectivity index is 0.00000192. The molecule has 2 aromatic rings. The highest BCUT2D eigenvalue weighted by Crippen LogP contribution is 2.35. The van der Waals surface area contributed by atoms with Crippen LogP contribution in [0.3, 0.4) is 0 Å². The Hall–Kier alpha value is -2.32. The number of hydrogen-bond acceptors (Lipinski definition) is 7. The van der Waals surface area contributed by atoms with Crippen LogP contribution in [-0.2, 0) is 11.3 Å². The number of benzene rings is 1. The molecular weight excluding hydrogens is 326 g/mol. The van der Waals surface area contributed by atoms with E-state index in [1.807, 2.05) is 6.07 Å². The summed E-state index contributed by atoms with van der Waals surface area (Å²) in [4.78, 5) is 16.8. The van der Waals surface area contributed by atoms with Crippen molar-refractivity contribution in [1.29, 1.82) is 0 Å². The number of carboxylic acids is 1. The highest BCUT2D eigenvalue weighted by atomic mass is 35.5. The molecule has 124 valence electrons. The third-order valence-electron chi connectivity index (χ3n) is 3.50. The lowest BCUT2D eigenvalue weighted by Crippen LogP contribution is -2.35. The molecule has 1 unspecified atom stereocenters. The molecule has 3 rings (SSSR count). The van der Waals surface area contributed by atoms with Crippen LogP contribution in [0.25, 0.3) is 11.4 Å². The van der Waals surface area contributed by atoms with Gasteiger partial charge in [0.15, 0.2) is 11.5 Å². The molecule has 1 aromatic heterocycles. The Kier molecular flexibility index (Phi) is 5.07. The van der Waals surface area contributed by atoms with Gasteiger partial charge in [-0.1, -0.05) is 5.16 Å². The van der Waals surface area contributed by atoms with Crippen LogP contribution in [0.5, 0.6) is 11.5 Å². The Labute approximate surface area is 138 Å². The van der Waals surface area contributed by atoms with E-state index in [4.69, 9.17) is 19.1 Å². The maximum absolute atomic E-state index is 10.9. The summed E-state index contributed by atoms with van der Waals surface area (Å²) in [6, 6.07) is 4.74. The molecule has 0 bridgehead atoms. The summed E-state index contributed by atoms with van der Waals surface area (Å²) in [5.41, 5.74) is 0.744. The van der Waals surface area contributed by atoms with Crippen molar-refractivity contribution in [2.45, 2.75) is 19.5 Å². The van der Waals surface area contributed by atoms with Gasteiger partial charge in [0.05, 0.1) is 6.54 Å². The lowest BCUT2D eigenvalue weighted by Gasteiger charge is -2.18. The van der Waals surface area contributed by atoms with Gasteiger partial charge in [-0.2, -0.15) is 4.98 Å². The number of hydrogen-bond donors (Lipinski definition) is 1. The molecule has 23 heavy (non-hydrogen) atoms. The summed E-state index contributed by atoms with van der Waals surface area (Å²) >= 11 is 0. The number of aromatic nitrogens is 2. The number of aliphatic carboxylic acids is 1. The average Bonchev–Trinajstić information content (AvgIpc) is 3.13. The van der Waals surface area contributed by atoms with E-state index >= 15 is 0 Å². The molecule has 1 N–H and O–H groups in total. The van der Waals surface area contributed by atoms with Crippen molar-refractivity contribution in [3.05, 3.63) is 24.1 Å². The fourth-order valence-electron chi connectivity index (χ4n) is 2.01. The van der Waals surface area contributed by atoms with Gasteiger partial charge in [-0.05, 0) is 32.2 Å². The highest BCUT2D eigenvalue weighted by molar-refractivity contribution is 5.85. The number of carbonyl (C=O) groups is 1. The van der Waals surface area contributed by atoms with Crippen LogP contribution < -0.4 is 9.47 Å². The third kappa shape index (κ3) is 3.54. The molecule has 1 aromatic carbocycles. The van der Waals surface area contributed by atoms with E-state index in [1.54, 1.807) is 31.0 Å². The number of nitrogens with zero attached hydrogens (tertiary/aromatic N) is 3. The topological polar surface area (TPSA) is 97.9 Å². The van der Waals surface area contributed by atoms with E-state index in [9.17, 15) is 4.79 Å². The minimum absolute atomic E-state index is 0. The van der Waals surface area contributed by atoms with Gasteiger partial charge >= 0.3 is 5.97 Å². The summed E-state index contributed by atoms with van der Waals surface area (Å²) in [6.07, 6.45) is 0. The maximum Gasteiger partial charge on any atom is 0.320 e. The third-order valence-corrected chi connectivity index (χ3v) is 3.50. The SMILES string of the molecule is CC(C(=O)O)N(C)Cc1nc(-c2ccc3c(c2)OCO3)no1.Cl. The zero-order valence-electron chi connectivity index (χ0n) is 12.6. The normalized spacial score (nSPS) is 13.7. The molecule has 1 aliphatic rings. The number of carboxylic acid groups (broad SMARTS) is 1. The van der Waals surface area contributed by atoms with Gasteiger partial charge in [-0.25, -0.2) is 0 Å². The molecule has 0 saturated heterocycles. The van der Waals surface area contributed by atoms with E-state index in [1.165, 1.54) is 0 Å². The van der Waals surface area contributed by atoms with Gasteiger partial charge in [-0.15, -0.1) is 12.4 Å². The van der Waals surface area contributed by atoms with Crippen molar-refractivity contribution in [3.8, 4) is 22.9 Å². The molecule has 2 heterocycles. The maximum atomic E-state index is 10.9. The van der Waals surface area contributed by atoms with Crippen molar-refractivity contribution >= 4 is 18.4 Å². The van der Waals surface area contributed by atoms with Crippen molar-refractivity contribution in [1.82, 2.24) is 15.0 Å². The predicted octanol–water partition coefficient (Wildman–Crippen LogP) is 1.79. The van der Waals surface area contributed by atoms with Crippen molar-refractivity contribution in [3.63, 3.8) is 0 Å². The number of ether oxygens (including phenoxy) is 2. The van der Waals surface area contributed by atoms with Crippen LogP contribution in [0.1, 0.15) is 12.8 Å². The largest absolute Gasteiger partial charge is 0.480 e. The van der Waals surface area contributed by atoms with E-state index in [-0.39, 0.29) is 25.7 Å². The first-order valence-corrected chi connectivity index (χ1v) is 6.70. The number of fused-ring (bicyclic) bond motifs is 1. The second kappa shape index (κ2) is 6.84. The van der Waals surface area contributed by atoms with Crippen LogP contribution in [0, 0.1) is 0 Å². The summed E-state index contributed by atoms with van der Waals surface area (Å²) in [5, 5.41) is 12.9. The highest BCUT2D eigenvalue weighted by Gasteiger charge is 2.20. The molecule has 0 spiro atoms. The lowest BCUT2D eigenvalue weighted by molar-refractivity contribution is -0.142. The van der Waals surface area contributed by atoms with E-state index in [0.29, 0.717) is 23.2 Å². The first kappa shape index (κ1) is 17.0. The molecule has 0 saturated carbocycles. The number of likely N-dealkylation sites (N-methyl/N-ethyl adjacent to an activating group) is 1. The Morgan fingerprint density at radius 2 is 2.13 bits per heavy atom. The van der Waals surface area contributed by atoms with Crippen molar-refractivity contribution < 1.29 is 23.9 Å². The quantitative estimate of drug-likeness (QED) is 0.879. The van der Waals surface area contributed by atoms with Crippen LogP contribution in [0.4, 0.5) is 0 Å². The lowest BCUT2D eigenvalue weighted by atomic mass is 10.2. The van der Waals surface area contributed by atoms with Gasteiger partial charge in [0.2, 0.25) is 18.5 Å². The van der Waals surface area contributed by atoms with Gasteiger partial charge in [0.1, 0.15) is 6.04 Å². The van der Waals surface area contributed by atoms with Crippen LogP contribution in [-0.4, -0.2) is 46.0 Å². The molecule has 0 fully saturated rings. The van der Waals surface area contributed by atoms with Gasteiger partial charge in [0.25, 0.3) is 0 Å². The van der Waals surface area contributed by atoms with Crippen molar-refractivity contribution in [2.75, 3.05) is 13.8 Å². The monoisotopic (exact) mass is 341 g/mol. The fraction of sp³-hybridized carbons (Fsp3) is 0.357. The second-order valence-electron chi connectivity index (χ2n) is 5.01. The van der Waals surface area contributed by atoms with Gasteiger partial charge < -0.3 is 19.1 Å². The summed E-state index contributed by atoms with van der Waals surface area (Å²) in [6.45, 7) is 2.05. The van der Waals surface area contributed by atoms with Crippen LogP contribution in [0.15, 0.2) is 22.7 Å². The molecule has 0 radical (unpaired) electrons.